The quantitative estimate of drug-likeness (QED) is 0.694. The summed E-state index contributed by atoms with van der Waals surface area (Å²) in [6, 6.07) is 6.11. The number of pyridine rings is 1. The molecule has 1 aromatic heterocycles. The summed E-state index contributed by atoms with van der Waals surface area (Å²) in [5.74, 6) is 0.492. The van der Waals surface area contributed by atoms with Crippen LogP contribution < -0.4 is 0 Å². The molecule has 2 amide bonds. The monoisotopic (exact) mass is 449 g/mol. The molecule has 3 fully saturated rings. The third-order valence-corrected chi connectivity index (χ3v) is 7.87. The van der Waals surface area contributed by atoms with Crippen molar-refractivity contribution in [2.45, 2.75) is 66.1 Å². The number of nitrogens with zero attached hydrogens (tertiary/aromatic N) is 3. The standard InChI is InChI=1S/C27H35N3O3/c1-16-10-17(2)24-21(12-18(3)28-23(24)11-16)25(31)29-8-6-27(7-9-29)13-22(27)26(32)30-14-19(4)33-20(5)15-30/h10-12,19-20,22H,6-9,13-15H2,1-5H3/t19-,20+,22-/m1/s1. The van der Waals surface area contributed by atoms with Crippen LogP contribution in [0.4, 0.5) is 0 Å². The highest BCUT2D eigenvalue weighted by molar-refractivity contribution is 6.07. The van der Waals surface area contributed by atoms with Gasteiger partial charge in [-0.1, -0.05) is 6.07 Å². The zero-order valence-corrected chi connectivity index (χ0v) is 20.5. The molecule has 2 aromatic rings. The van der Waals surface area contributed by atoms with Gasteiger partial charge in [-0.3, -0.25) is 14.6 Å². The van der Waals surface area contributed by atoms with Gasteiger partial charge in [-0.05, 0) is 82.6 Å². The minimum absolute atomic E-state index is 0.0852. The minimum Gasteiger partial charge on any atom is -0.372 e. The number of fused-ring (bicyclic) bond motifs is 1. The molecule has 0 bridgehead atoms. The summed E-state index contributed by atoms with van der Waals surface area (Å²) in [5, 5.41) is 0.964. The molecule has 0 N–H and O–H groups in total. The molecule has 1 spiro atoms. The van der Waals surface area contributed by atoms with Gasteiger partial charge in [0.25, 0.3) is 5.91 Å². The van der Waals surface area contributed by atoms with E-state index < -0.39 is 0 Å². The predicted molar refractivity (Wildman–Crippen MR) is 128 cm³/mol. The van der Waals surface area contributed by atoms with Gasteiger partial charge in [0.1, 0.15) is 0 Å². The summed E-state index contributed by atoms with van der Waals surface area (Å²) in [7, 11) is 0. The molecule has 6 nitrogen and oxygen atoms in total. The second-order valence-corrected chi connectivity index (χ2v) is 10.7. The lowest BCUT2D eigenvalue weighted by atomic mass is 9.89. The van der Waals surface area contributed by atoms with Gasteiger partial charge in [0.05, 0.1) is 23.3 Å². The summed E-state index contributed by atoms with van der Waals surface area (Å²) in [6.45, 7) is 13.0. The molecule has 6 heteroatoms. The predicted octanol–water partition coefficient (Wildman–Crippen LogP) is 4.04. The van der Waals surface area contributed by atoms with Crippen LogP contribution in [0.3, 0.4) is 0 Å². The largest absolute Gasteiger partial charge is 0.372 e. The lowest BCUT2D eigenvalue weighted by molar-refractivity contribution is -0.145. The van der Waals surface area contributed by atoms with Gasteiger partial charge < -0.3 is 14.5 Å². The number of hydrogen-bond donors (Lipinski definition) is 0. The second-order valence-electron chi connectivity index (χ2n) is 10.7. The van der Waals surface area contributed by atoms with E-state index in [1.807, 2.05) is 36.6 Å². The van der Waals surface area contributed by atoms with E-state index in [4.69, 9.17) is 4.74 Å². The first kappa shape index (κ1) is 22.3. The highest BCUT2D eigenvalue weighted by Gasteiger charge is 2.59. The van der Waals surface area contributed by atoms with Crippen molar-refractivity contribution in [2.24, 2.45) is 11.3 Å². The first-order valence-corrected chi connectivity index (χ1v) is 12.3. The second kappa shape index (κ2) is 8.08. The molecule has 3 aliphatic rings. The number of amides is 2. The first-order valence-electron chi connectivity index (χ1n) is 12.3. The van der Waals surface area contributed by atoms with Crippen molar-refractivity contribution >= 4 is 22.7 Å². The van der Waals surface area contributed by atoms with Crippen LogP contribution in [0.15, 0.2) is 18.2 Å². The molecule has 2 saturated heterocycles. The molecule has 3 atom stereocenters. The van der Waals surface area contributed by atoms with Gasteiger partial charge in [-0.2, -0.15) is 0 Å². The van der Waals surface area contributed by atoms with Crippen LogP contribution in [-0.2, 0) is 9.53 Å². The highest BCUT2D eigenvalue weighted by atomic mass is 16.5. The van der Waals surface area contributed by atoms with Crippen molar-refractivity contribution in [1.29, 1.82) is 0 Å². The lowest BCUT2D eigenvalue weighted by Crippen LogP contribution is -2.49. The Morgan fingerprint density at radius 1 is 1.00 bits per heavy atom. The molecule has 176 valence electrons. The molecule has 3 heterocycles. The van der Waals surface area contributed by atoms with E-state index in [1.54, 1.807) is 0 Å². The number of ether oxygens (including phenoxy) is 1. The minimum atomic E-state index is 0.0852. The number of piperidine rings is 1. The Hall–Kier alpha value is -2.47. The van der Waals surface area contributed by atoms with Gasteiger partial charge in [0, 0.05) is 43.2 Å². The number of rotatable bonds is 2. The van der Waals surface area contributed by atoms with Crippen LogP contribution in [-0.4, -0.2) is 65.0 Å². The van der Waals surface area contributed by atoms with E-state index >= 15 is 0 Å². The number of likely N-dealkylation sites (tertiary alicyclic amines) is 1. The Morgan fingerprint density at radius 2 is 1.67 bits per heavy atom. The highest BCUT2D eigenvalue weighted by Crippen LogP contribution is 2.60. The van der Waals surface area contributed by atoms with Gasteiger partial charge in [-0.15, -0.1) is 0 Å². The lowest BCUT2D eigenvalue weighted by Gasteiger charge is -2.37. The van der Waals surface area contributed by atoms with E-state index in [9.17, 15) is 9.59 Å². The Bertz CT molecular complexity index is 1100. The van der Waals surface area contributed by atoms with E-state index in [1.165, 1.54) is 0 Å². The van der Waals surface area contributed by atoms with E-state index in [0.717, 1.165) is 52.5 Å². The molecule has 0 radical (unpaired) electrons. The zero-order valence-electron chi connectivity index (χ0n) is 20.5. The number of benzene rings is 1. The summed E-state index contributed by atoms with van der Waals surface area (Å²) < 4.78 is 5.80. The Kier molecular flexibility index (Phi) is 5.47. The number of carbonyl (C=O) groups is 2. The van der Waals surface area contributed by atoms with Gasteiger partial charge in [0.2, 0.25) is 5.91 Å². The fourth-order valence-electron chi connectivity index (χ4n) is 6.21. The fraction of sp³-hybridized carbons (Fsp3) is 0.593. The number of morpholine rings is 1. The van der Waals surface area contributed by atoms with Gasteiger partial charge >= 0.3 is 0 Å². The van der Waals surface area contributed by atoms with Crippen molar-refractivity contribution < 1.29 is 14.3 Å². The number of aromatic nitrogens is 1. The van der Waals surface area contributed by atoms with Crippen molar-refractivity contribution in [3.63, 3.8) is 0 Å². The normalized spacial score (nSPS) is 26.6. The molecule has 1 aromatic carbocycles. The maximum Gasteiger partial charge on any atom is 0.254 e. The van der Waals surface area contributed by atoms with Crippen LogP contribution in [0.5, 0.6) is 0 Å². The average molecular weight is 450 g/mol. The molecule has 0 unspecified atom stereocenters. The first-order chi connectivity index (χ1) is 15.7. The molecular formula is C27H35N3O3. The summed E-state index contributed by atoms with van der Waals surface area (Å²) >= 11 is 0. The zero-order chi connectivity index (χ0) is 23.5. The number of aryl methyl sites for hydroxylation is 3. The molecular weight excluding hydrogens is 414 g/mol. The van der Waals surface area contributed by atoms with Crippen molar-refractivity contribution in [3.8, 4) is 0 Å². The molecule has 5 rings (SSSR count). The van der Waals surface area contributed by atoms with Crippen LogP contribution in [0.25, 0.3) is 10.9 Å². The third-order valence-electron chi connectivity index (χ3n) is 7.87. The molecule has 2 aliphatic heterocycles. The number of carbonyl (C=O) groups excluding carboxylic acids is 2. The van der Waals surface area contributed by atoms with E-state index in [-0.39, 0.29) is 29.4 Å². The van der Waals surface area contributed by atoms with Gasteiger partial charge in [0.15, 0.2) is 0 Å². The van der Waals surface area contributed by atoms with Crippen LogP contribution in [0.1, 0.15) is 60.3 Å². The Morgan fingerprint density at radius 3 is 2.33 bits per heavy atom. The number of hydrogen-bond acceptors (Lipinski definition) is 4. The topological polar surface area (TPSA) is 62.7 Å². The van der Waals surface area contributed by atoms with E-state index in [0.29, 0.717) is 32.1 Å². The van der Waals surface area contributed by atoms with Crippen molar-refractivity contribution in [2.75, 3.05) is 26.2 Å². The smallest absolute Gasteiger partial charge is 0.254 e. The summed E-state index contributed by atoms with van der Waals surface area (Å²) in [4.78, 5) is 35.4. The summed E-state index contributed by atoms with van der Waals surface area (Å²) in [5.41, 5.74) is 4.85. The SMILES string of the molecule is Cc1cc(C)c2c(C(=O)N3CCC4(CC3)C[C@@H]4C(=O)N3C[C@@H](C)O[C@@H](C)C3)cc(C)nc2c1. The molecule has 1 aliphatic carbocycles. The maximum atomic E-state index is 13.6. The fourth-order valence-corrected chi connectivity index (χ4v) is 6.21. The Labute approximate surface area is 196 Å². The van der Waals surface area contributed by atoms with Gasteiger partial charge in [-0.25, -0.2) is 0 Å². The maximum absolute atomic E-state index is 13.6. The Balaban J connectivity index is 1.29. The summed E-state index contributed by atoms with van der Waals surface area (Å²) in [6.07, 6.45) is 2.97. The third kappa shape index (κ3) is 4.03. The van der Waals surface area contributed by atoms with E-state index in [2.05, 4.69) is 31.0 Å². The molecule has 1 saturated carbocycles. The van der Waals surface area contributed by atoms with Crippen molar-refractivity contribution in [3.05, 3.63) is 40.6 Å². The van der Waals surface area contributed by atoms with Crippen molar-refractivity contribution in [1.82, 2.24) is 14.8 Å². The van der Waals surface area contributed by atoms with Crippen LogP contribution >= 0.6 is 0 Å². The van der Waals surface area contributed by atoms with Crippen LogP contribution in [0.2, 0.25) is 0 Å². The molecule has 33 heavy (non-hydrogen) atoms. The van der Waals surface area contributed by atoms with Crippen LogP contribution in [0, 0.1) is 32.1 Å². The average Bonchev–Trinajstić information content (AvgIpc) is 3.44.